The lowest BCUT2D eigenvalue weighted by atomic mass is 9.92. The van der Waals surface area contributed by atoms with Crippen LogP contribution in [-0.2, 0) is 6.42 Å². The molecule has 0 saturated heterocycles. The van der Waals surface area contributed by atoms with E-state index in [0.717, 1.165) is 23.4 Å². The van der Waals surface area contributed by atoms with Crippen LogP contribution in [-0.4, -0.2) is 18.6 Å². The van der Waals surface area contributed by atoms with Gasteiger partial charge in [-0.2, -0.15) is 0 Å². The van der Waals surface area contributed by atoms with Crippen molar-refractivity contribution >= 4 is 15.9 Å². The summed E-state index contributed by atoms with van der Waals surface area (Å²) in [7, 11) is 0. The third-order valence-corrected chi connectivity index (χ3v) is 4.52. The zero-order valence-electron chi connectivity index (χ0n) is 11.8. The molecule has 0 radical (unpaired) electrons. The van der Waals surface area contributed by atoms with Gasteiger partial charge in [0.25, 0.3) is 0 Å². The van der Waals surface area contributed by atoms with Gasteiger partial charge < -0.3 is 11.1 Å². The van der Waals surface area contributed by atoms with Crippen LogP contribution in [0.15, 0.2) is 28.7 Å². The largest absolute Gasteiger partial charge is 0.329 e. The van der Waals surface area contributed by atoms with Crippen LogP contribution >= 0.6 is 15.9 Å². The lowest BCUT2D eigenvalue weighted by Gasteiger charge is -2.30. The molecule has 0 aliphatic heterocycles. The highest BCUT2D eigenvalue weighted by Crippen LogP contribution is 2.33. The lowest BCUT2D eigenvalue weighted by Crippen LogP contribution is -2.50. The van der Waals surface area contributed by atoms with Crippen molar-refractivity contribution in [3.05, 3.63) is 34.3 Å². The molecule has 1 aliphatic carbocycles. The summed E-state index contributed by atoms with van der Waals surface area (Å²) in [5, 5.41) is 3.66. The van der Waals surface area contributed by atoms with Gasteiger partial charge in [-0.1, -0.05) is 40.9 Å². The maximum Gasteiger partial charge on any atom is 0.0316 e. The van der Waals surface area contributed by atoms with Crippen molar-refractivity contribution in [1.29, 1.82) is 0 Å². The Bertz CT molecular complexity index is 386. The fraction of sp³-hybridized carbons (Fsp3) is 0.625. The molecule has 1 aliphatic rings. The molecule has 0 aromatic heterocycles. The standard InChI is InChI=1S/C16H25BrN2/c1-16(12-18,19-10-2-3-13-4-5-13)11-14-6-8-15(17)9-7-14/h6-9,13,19H,2-5,10-12,18H2,1H3. The van der Waals surface area contributed by atoms with Gasteiger partial charge in [-0.05, 0) is 56.3 Å². The number of halogens is 1. The lowest BCUT2D eigenvalue weighted by molar-refractivity contribution is 0.356. The quantitative estimate of drug-likeness (QED) is 0.718. The highest BCUT2D eigenvalue weighted by Gasteiger charge is 2.23. The first-order valence-corrected chi connectivity index (χ1v) is 8.10. The highest BCUT2D eigenvalue weighted by atomic mass is 79.9. The van der Waals surface area contributed by atoms with Crippen molar-refractivity contribution in [2.45, 2.75) is 44.6 Å². The Morgan fingerprint density at radius 1 is 1.32 bits per heavy atom. The Morgan fingerprint density at radius 2 is 2.00 bits per heavy atom. The number of hydrogen-bond acceptors (Lipinski definition) is 2. The number of benzene rings is 1. The van der Waals surface area contributed by atoms with Crippen LogP contribution < -0.4 is 11.1 Å². The number of nitrogens with one attached hydrogen (secondary N) is 1. The predicted octanol–water partition coefficient (Wildman–Crippen LogP) is 3.49. The van der Waals surface area contributed by atoms with E-state index in [9.17, 15) is 0 Å². The second kappa shape index (κ2) is 6.87. The minimum atomic E-state index is 0.0113. The Hall–Kier alpha value is -0.380. The van der Waals surface area contributed by atoms with Gasteiger partial charge in [0.15, 0.2) is 0 Å². The van der Waals surface area contributed by atoms with Crippen molar-refractivity contribution in [2.24, 2.45) is 11.7 Å². The van der Waals surface area contributed by atoms with Gasteiger partial charge in [0.2, 0.25) is 0 Å². The monoisotopic (exact) mass is 324 g/mol. The summed E-state index contributed by atoms with van der Waals surface area (Å²) in [6.07, 6.45) is 6.55. The molecule has 1 fully saturated rings. The maximum atomic E-state index is 5.97. The molecule has 1 saturated carbocycles. The third kappa shape index (κ3) is 5.25. The van der Waals surface area contributed by atoms with Crippen LogP contribution in [0.4, 0.5) is 0 Å². The highest BCUT2D eigenvalue weighted by molar-refractivity contribution is 9.10. The topological polar surface area (TPSA) is 38.0 Å². The molecule has 0 heterocycles. The van der Waals surface area contributed by atoms with Gasteiger partial charge in [0.05, 0.1) is 0 Å². The fourth-order valence-corrected chi connectivity index (χ4v) is 2.71. The third-order valence-electron chi connectivity index (χ3n) is 4.00. The first-order valence-electron chi connectivity index (χ1n) is 7.31. The average Bonchev–Trinajstić information content (AvgIpc) is 3.22. The van der Waals surface area contributed by atoms with Crippen LogP contribution in [0.25, 0.3) is 0 Å². The van der Waals surface area contributed by atoms with Crippen molar-refractivity contribution in [3.8, 4) is 0 Å². The molecule has 2 nitrogen and oxygen atoms in total. The van der Waals surface area contributed by atoms with Gasteiger partial charge in [0, 0.05) is 16.6 Å². The Morgan fingerprint density at radius 3 is 2.58 bits per heavy atom. The Kier molecular flexibility index (Phi) is 5.43. The predicted molar refractivity (Wildman–Crippen MR) is 85.3 cm³/mol. The molecule has 19 heavy (non-hydrogen) atoms. The first kappa shape index (κ1) is 15.0. The second-order valence-electron chi connectivity index (χ2n) is 6.08. The zero-order valence-corrected chi connectivity index (χ0v) is 13.4. The van der Waals surface area contributed by atoms with Crippen molar-refractivity contribution in [1.82, 2.24) is 5.32 Å². The Balaban J connectivity index is 1.79. The van der Waals surface area contributed by atoms with Gasteiger partial charge in [-0.3, -0.25) is 0 Å². The molecule has 1 atom stereocenters. The smallest absolute Gasteiger partial charge is 0.0316 e. The van der Waals surface area contributed by atoms with Crippen molar-refractivity contribution in [3.63, 3.8) is 0 Å². The number of rotatable bonds is 8. The van der Waals surface area contributed by atoms with E-state index < -0.39 is 0 Å². The van der Waals surface area contributed by atoms with Gasteiger partial charge >= 0.3 is 0 Å². The zero-order chi connectivity index (χ0) is 13.7. The van der Waals surface area contributed by atoms with E-state index in [-0.39, 0.29) is 5.54 Å². The van der Waals surface area contributed by atoms with Crippen LogP contribution in [0.5, 0.6) is 0 Å². The van der Waals surface area contributed by atoms with Crippen LogP contribution in [0, 0.1) is 5.92 Å². The summed E-state index contributed by atoms with van der Waals surface area (Å²) in [6, 6.07) is 8.53. The average molecular weight is 325 g/mol. The van der Waals surface area contributed by atoms with Crippen molar-refractivity contribution in [2.75, 3.05) is 13.1 Å². The Labute approximate surface area is 125 Å². The summed E-state index contributed by atoms with van der Waals surface area (Å²) in [4.78, 5) is 0. The van der Waals surface area contributed by atoms with E-state index in [2.05, 4.69) is 52.4 Å². The summed E-state index contributed by atoms with van der Waals surface area (Å²) in [5.74, 6) is 1.03. The van der Waals surface area contributed by atoms with Gasteiger partial charge in [-0.15, -0.1) is 0 Å². The van der Waals surface area contributed by atoms with Crippen LogP contribution in [0.1, 0.15) is 38.2 Å². The minimum Gasteiger partial charge on any atom is -0.329 e. The molecule has 2 rings (SSSR count). The molecule has 3 N–H and O–H groups in total. The molecule has 1 unspecified atom stereocenters. The van der Waals surface area contributed by atoms with E-state index >= 15 is 0 Å². The SMILES string of the molecule is CC(CN)(Cc1ccc(Br)cc1)NCCCC1CC1. The van der Waals surface area contributed by atoms with Crippen LogP contribution in [0.2, 0.25) is 0 Å². The maximum absolute atomic E-state index is 5.97. The second-order valence-corrected chi connectivity index (χ2v) is 7.00. The molecule has 0 amide bonds. The summed E-state index contributed by atoms with van der Waals surface area (Å²) >= 11 is 3.47. The summed E-state index contributed by atoms with van der Waals surface area (Å²) in [6.45, 7) is 3.99. The van der Waals surface area contributed by atoms with Crippen LogP contribution in [0.3, 0.4) is 0 Å². The molecule has 1 aromatic rings. The van der Waals surface area contributed by atoms with E-state index in [1.165, 1.54) is 31.2 Å². The normalized spacial score (nSPS) is 18.3. The number of nitrogens with two attached hydrogens (primary N) is 1. The molecule has 0 bridgehead atoms. The van der Waals surface area contributed by atoms with Crippen molar-refractivity contribution < 1.29 is 0 Å². The minimum absolute atomic E-state index is 0.0113. The molecular weight excluding hydrogens is 300 g/mol. The summed E-state index contributed by atoms with van der Waals surface area (Å²) in [5.41, 5.74) is 7.32. The molecule has 106 valence electrons. The van der Waals surface area contributed by atoms with Gasteiger partial charge in [0.1, 0.15) is 0 Å². The summed E-state index contributed by atoms with van der Waals surface area (Å²) < 4.78 is 1.13. The molecule has 0 spiro atoms. The van der Waals surface area contributed by atoms with E-state index in [0.29, 0.717) is 6.54 Å². The fourth-order valence-electron chi connectivity index (χ4n) is 2.45. The molecular formula is C16H25BrN2. The molecule has 3 heteroatoms. The molecule has 1 aromatic carbocycles. The van der Waals surface area contributed by atoms with E-state index in [4.69, 9.17) is 5.73 Å². The van der Waals surface area contributed by atoms with E-state index in [1.807, 2.05) is 0 Å². The number of hydrogen-bond donors (Lipinski definition) is 2. The van der Waals surface area contributed by atoms with E-state index in [1.54, 1.807) is 0 Å². The van der Waals surface area contributed by atoms with Gasteiger partial charge in [-0.25, -0.2) is 0 Å². The first-order chi connectivity index (χ1) is 9.11.